The van der Waals surface area contributed by atoms with Gasteiger partial charge >= 0.3 is 8.84 Å². The Morgan fingerprint density at radius 1 is 1.08 bits per heavy atom. The largest absolute Gasteiger partial charge is 0.399 e. The van der Waals surface area contributed by atoms with Crippen LogP contribution in [0, 0.1) is 0 Å². The topological polar surface area (TPSA) is 20.3 Å². The maximum atomic E-state index is 12.9. The Hall–Kier alpha value is -1.03. The van der Waals surface area contributed by atoms with E-state index in [1.165, 1.54) is 59.2 Å². The summed E-state index contributed by atoms with van der Waals surface area (Å²) in [7, 11) is 0.332. The average molecular weight is 369 g/mol. The van der Waals surface area contributed by atoms with E-state index in [-0.39, 0.29) is 21.7 Å². The number of nitrogens with zero attached hydrogens (tertiary/aromatic N) is 1. The maximum Gasteiger partial charge on any atom is 0.399 e. The van der Waals surface area contributed by atoms with E-state index >= 15 is 0 Å². The zero-order chi connectivity index (χ0) is 15.8. The van der Waals surface area contributed by atoms with Crippen LogP contribution >= 0.6 is 0 Å². The molecule has 0 radical (unpaired) electrons. The Labute approximate surface area is 160 Å². The number of hydrogen-bond acceptors (Lipinski definition) is 1. The van der Waals surface area contributed by atoms with Gasteiger partial charge in [-0.15, -0.1) is 0 Å². The van der Waals surface area contributed by atoms with Crippen LogP contribution in [-0.4, -0.2) is 26.5 Å². The second-order valence-corrected chi connectivity index (χ2v) is 8.77. The van der Waals surface area contributed by atoms with Gasteiger partial charge in [0, 0.05) is 40.9 Å². The predicted molar refractivity (Wildman–Crippen MR) is 97.5 cm³/mol. The van der Waals surface area contributed by atoms with E-state index in [1.54, 1.807) is 0 Å². The molecule has 1 aromatic rings. The van der Waals surface area contributed by atoms with Crippen molar-refractivity contribution in [3.63, 3.8) is 0 Å². The van der Waals surface area contributed by atoms with E-state index in [2.05, 4.69) is 54.1 Å². The van der Waals surface area contributed by atoms with Crippen molar-refractivity contribution in [1.29, 1.82) is 0 Å². The van der Waals surface area contributed by atoms with Crippen molar-refractivity contribution in [3.8, 4) is 0 Å². The Balaban J connectivity index is 0.00000169. The molecular weight excluding hydrogens is 346 g/mol. The van der Waals surface area contributed by atoms with Crippen LogP contribution in [0.5, 0.6) is 0 Å². The molecule has 0 aliphatic heterocycles. The standard InChI is InChI=1S/C20H23NOSi.Ti/c1-21(19-8-3-2-4-9-19)23(22)14-18-11-10-17-12-15-6-5-7-16(15)13-20(17)18;/h5-7,10-13,19H,2-4,8-9,14H2,1H3;. The van der Waals surface area contributed by atoms with Gasteiger partial charge in [-0.05, 0) is 52.1 Å². The molecule has 122 valence electrons. The summed E-state index contributed by atoms with van der Waals surface area (Å²) in [6.45, 7) is 0. The minimum Gasteiger partial charge on any atom is -0.377 e. The van der Waals surface area contributed by atoms with E-state index in [1.807, 2.05) is 0 Å². The molecule has 0 saturated heterocycles. The molecule has 4 rings (SSSR count). The predicted octanol–water partition coefficient (Wildman–Crippen LogP) is 2.85. The Kier molecular flexibility index (Phi) is 5.53. The molecule has 0 N–H and O–H groups in total. The first-order valence-electron chi connectivity index (χ1n) is 8.72. The molecule has 0 aromatic heterocycles. The average Bonchev–Trinajstić information content (AvgIpc) is 3.19. The molecule has 4 heteroatoms. The third-order valence-corrected chi connectivity index (χ3v) is 7.31. The molecule has 0 unspecified atom stereocenters. The SMILES string of the molecule is CN(C1CCCCC1)[Si](=O)CC1=CC=c2cc3c(cc21)=CC=C3.[Ti]. The summed E-state index contributed by atoms with van der Waals surface area (Å²) in [5, 5.41) is 2.55. The van der Waals surface area contributed by atoms with Gasteiger partial charge in [0.2, 0.25) is 0 Å². The fourth-order valence-corrected chi connectivity index (χ4v) is 5.55. The quantitative estimate of drug-likeness (QED) is 0.761. The summed E-state index contributed by atoms with van der Waals surface area (Å²) in [6, 6.07) is 5.73. The maximum absolute atomic E-state index is 12.9. The zero-order valence-corrected chi connectivity index (χ0v) is 16.8. The van der Waals surface area contributed by atoms with E-state index in [4.69, 9.17) is 0 Å². The van der Waals surface area contributed by atoms with Crippen LogP contribution in [-0.2, 0) is 26.2 Å². The molecule has 1 saturated carbocycles. The van der Waals surface area contributed by atoms with Gasteiger partial charge in [0.15, 0.2) is 0 Å². The number of hydrogen-bond donors (Lipinski definition) is 0. The number of allylic oxidation sites excluding steroid dienone is 3. The van der Waals surface area contributed by atoms with Crippen molar-refractivity contribution in [2.45, 2.75) is 44.2 Å². The fraction of sp³-hybridized carbons (Fsp3) is 0.400. The molecule has 0 bridgehead atoms. The van der Waals surface area contributed by atoms with Crippen LogP contribution < -0.4 is 10.4 Å². The van der Waals surface area contributed by atoms with Crippen molar-refractivity contribution >= 4 is 32.6 Å². The second-order valence-electron chi connectivity index (χ2n) is 6.93. The Bertz CT molecular complexity index is 834. The number of rotatable bonds is 4. The summed E-state index contributed by atoms with van der Waals surface area (Å²) in [6.07, 6.45) is 17.1. The van der Waals surface area contributed by atoms with E-state index in [0.717, 1.165) is 0 Å². The summed E-state index contributed by atoms with van der Waals surface area (Å²) in [4.78, 5) is 0. The van der Waals surface area contributed by atoms with Gasteiger partial charge in [0.25, 0.3) is 0 Å². The summed E-state index contributed by atoms with van der Waals surface area (Å²) < 4.78 is 15.1. The van der Waals surface area contributed by atoms with Crippen LogP contribution in [0.15, 0.2) is 24.3 Å². The molecule has 3 aliphatic rings. The molecule has 0 spiro atoms. The Morgan fingerprint density at radius 2 is 1.88 bits per heavy atom. The normalized spacial score (nSPS) is 18.0. The van der Waals surface area contributed by atoms with Crippen LogP contribution in [0.1, 0.15) is 43.2 Å². The van der Waals surface area contributed by atoms with Crippen LogP contribution in [0.3, 0.4) is 0 Å². The minimum absolute atomic E-state index is 0. The van der Waals surface area contributed by atoms with Gasteiger partial charge in [-0.2, -0.15) is 0 Å². The zero-order valence-electron chi connectivity index (χ0n) is 14.2. The molecule has 2 nitrogen and oxygen atoms in total. The Morgan fingerprint density at radius 3 is 2.67 bits per heavy atom. The van der Waals surface area contributed by atoms with E-state index in [0.29, 0.717) is 12.1 Å². The van der Waals surface area contributed by atoms with Gasteiger partial charge < -0.3 is 9.03 Å². The molecular formula is C20H23NOSiTi. The van der Waals surface area contributed by atoms with Gasteiger partial charge in [0.1, 0.15) is 0 Å². The van der Waals surface area contributed by atoms with Crippen LogP contribution in [0.2, 0.25) is 6.04 Å². The smallest absolute Gasteiger partial charge is 0.377 e. The van der Waals surface area contributed by atoms with Gasteiger partial charge in [0.05, 0.1) is 0 Å². The van der Waals surface area contributed by atoms with Crippen molar-refractivity contribution in [3.05, 3.63) is 45.8 Å². The summed E-state index contributed by atoms with van der Waals surface area (Å²) >= 11 is 0. The fourth-order valence-electron chi connectivity index (χ4n) is 4.00. The second kappa shape index (κ2) is 7.47. The van der Waals surface area contributed by atoms with Crippen LogP contribution in [0.4, 0.5) is 0 Å². The van der Waals surface area contributed by atoms with E-state index < -0.39 is 8.84 Å². The molecule has 0 atom stereocenters. The first-order chi connectivity index (χ1) is 11.2. The number of benzene rings is 1. The molecule has 3 aliphatic carbocycles. The monoisotopic (exact) mass is 369 g/mol. The first-order valence-corrected chi connectivity index (χ1v) is 10.3. The van der Waals surface area contributed by atoms with Gasteiger partial charge in [-0.25, -0.2) is 0 Å². The van der Waals surface area contributed by atoms with Gasteiger partial charge in [-0.1, -0.05) is 49.6 Å². The molecule has 1 aromatic carbocycles. The molecule has 24 heavy (non-hydrogen) atoms. The molecule has 0 amide bonds. The minimum atomic E-state index is -1.74. The summed E-state index contributed by atoms with van der Waals surface area (Å²) in [5.74, 6) is 0. The molecule has 0 heterocycles. The van der Waals surface area contributed by atoms with Crippen molar-refractivity contribution in [2.75, 3.05) is 7.05 Å². The first kappa shape index (κ1) is 17.8. The third-order valence-electron chi connectivity index (χ3n) is 5.47. The van der Waals surface area contributed by atoms with Gasteiger partial charge in [-0.3, -0.25) is 0 Å². The van der Waals surface area contributed by atoms with Crippen molar-refractivity contribution < 1.29 is 26.2 Å². The third kappa shape index (κ3) is 3.35. The van der Waals surface area contributed by atoms with Crippen molar-refractivity contribution in [2.24, 2.45) is 0 Å². The molecule has 1 fully saturated rings. The van der Waals surface area contributed by atoms with E-state index in [9.17, 15) is 4.46 Å². The summed E-state index contributed by atoms with van der Waals surface area (Å²) in [5.41, 5.74) is 3.82. The van der Waals surface area contributed by atoms with Crippen LogP contribution in [0.25, 0.3) is 23.8 Å². The number of fused-ring (bicyclic) bond motifs is 2. The van der Waals surface area contributed by atoms with Crippen molar-refractivity contribution in [1.82, 2.24) is 4.57 Å².